The van der Waals surface area contributed by atoms with Gasteiger partial charge in [0, 0.05) is 32.2 Å². The molecule has 160 valence electrons. The van der Waals surface area contributed by atoms with Crippen LogP contribution < -0.4 is 5.32 Å². The van der Waals surface area contributed by atoms with Crippen LogP contribution in [0.3, 0.4) is 0 Å². The fourth-order valence-corrected chi connectivity index (χ4v) is 4.04. The molecule has 0 atom stereocenters. The van der Waals surface area contributed by atoms with Crippen LogP contribution in [-0.4, -0.2) is 46.3 Å². The molecule has 6 heteroatoms. The van der Waals surface area contributed by atoms with Crippen molar-refractivity contribution in [2.45, 2.75) is 13.1 Å². The minimum atomic E-state index is -0.0944. The molecule has 0 radical (unpaired) electrons. The summed E-state index contributed by atoms with van der Waals surface area (Å²) in [6.07, 6.45) is 0. The zero-order valence-electron chi connectivity index (χ0n) is 18.0. The summed E-state index contributed by atoms with van der Waals surface area (Å²) in [7, 11) is 1.82. The van der Waals surface area contributed by atoms with Crippen molar-refractivity contribution in [2.24, 2.45) is 4.99 Å². The second-order valence-electron chi connectivity index (χ2n) is 8.01. The van der Waals surface area contributed by atoms with Crippen LogP contribution in [0.1, 0.15) is 27.3 Å². The van der Waals surface area contributed by atoms with E-state index in [1.54, 1.807) is 4.90 Å². The molecule has 1 aromatic heterocycles. The number of benzene rings is 3. The van der Waals surface area contributed by atoms with Gasteiger partial charge in [-0.25, -0.2) is 4.98 Å². The summed E-state index contributed by atoms with van der Waals surface area (Å²) in [6.45, 7) is 2.81. The highest BCUT2D eigenvalue weighted by atomic mass is 16.2. The highest BCUT2D eigenvalue weighted by molar-refractivity contribution is 5.99. The molecule has 0 bridgehead atoms. The molecule has 0 saturated heterocycles. The molecule has 1 amide bonds. The first-order chi connectivity index (χ1) is 15.7. The summed E-state index contributed by atoms with van der Waals surface area (Å²) in [5.74, 6) is 1.30. The molecule has 0 aliphatic carbocycles. The summed E-state index contributed by atoms with van der Waals surface area (Å²) in [5, 5.41) is 3.29. The number of carbonyl (C=O) groups excluding carboxylic acids is 1. The zero-order chi connectivity index (χ0) is 21.9. The largest absolute Gasteiger partial charge is 0.368 e. The number of hydrogen-bond acceptors (Lipinski definition) is 4. The normalized spacial score (nSPS) is 13.1. The van der Waals surface area contributed by atoms with Gasteiger partial charge in [0.2, 0.25) is 5.82 Å². The van der Waals surface area contributed by atoms with Gasteiger partial charge in [-0.15, -0.1) is 0 Å². The monoisotopic (exact) mass is 423 g/mol. The zero-order valence-corrected chi connectivity index (χ0v) is 18.0. The Balaban J connectivity index is 1.39. The first-order valence-electron chi connectivity index (χ1n) is 10.8. The lowest BCUT2D eigenvalue weighted by Crippen LogP contribution is -2.29. The number of hydrogen-bond donors (Lipinski definition) is 1. The van der Waals surface area contributed by atoms with Crippen molar-refractivity contribution in [1.29, 1.82) is 0 Å². The lowest BCUT2D eigenvalue weighted by molar-refractivity contribution is 0.0769. The van der Waals surface area contributed by atoms with E-state index < -0.39 is 0 Å². The van der Waals surface area contributed by atoms with Crippen LogP contribution >= 0.6 is 0 Å². The van der Waals surface area contributed by atoms with Gasteiger partial charge in [-0.3, -0.25) is 9.79 Å². The van der Waals surface area contributed by atoms with Crippen molar-refractivity contribution in [3.8, 4) is 0 Å². The summed E-state index contributed by atoms with van der Waals surface area (Å²) in [4.78, 5) is 24.3. The topological polar surface area (TPSA) is 62.5 Å². The van der Waals surface area contributed by atoms with E-state index in [4.69, 9.17) is 0 Å². The second kappa shape index (κ2) is 8.67. The van der Waals surface area contributed by atoms with Gasteiger partial charge in [-0.05, 0) is 23.3 Å². The third-order valence-corrected chi connectivity index (χ3v) is 5.70. The maximum atomic E-state index is 13.4. The summed E-state index contributed by atoms with van der Waals surface area (Å²) < 4.78 is 2.01. The number of nitrogens with one attached hydrogen (secondary N) is 1. The molecule has 1 aliphatic heterocycles. The molecular weight excluding hydrogens is 398 g/mol. The predicted molar refractivity (Wildman–Crippen MR) is 127 cm³/mol. The number of rotatable bonds is 6. The highest BCUT2D eigenvalue weighted by Crippen LogP contribution is 2.20. The fraction of sp³-hybridized carbons (Fsp3) is 0.192. The standard InChI is InChI=1S/C26H25N5O/c1-30(17-20-11-13-21(14-12-20)24-27-15-16-28-24)26(32)25-29-22-9-5-6-10-23(22)31(25)18-19-7-3-2-4-8-19/h2-14H,15-18H2,1H3,(H,27,28). The van der Waals surface area contributed by atoms with E-state index in [0.29, 0.717) is 18.9 Å². The Labute approximate surface area is 187 Å². The number of imidazole rings is 1. The molecule has 1 N–H and O–H groups in total. The van der Waals surface area contributed by atoms with E-state index >= 15 is 0 Å². The molecule has 1 aliphatic rings. The molecule has 2 heterocycles. The minimum Gasteiger partial charge on any atom is -0.368 e. The smallest absolute Gasteiger partial charge is 0.289 e. The van der Waals surface area contributed by atoms with E-state index in [1.165, 1.54) is 0 Å². The van der Waals surface area contributed by atoms with Crippen LogP contribution in [0.25, 0.3) is 11.0 Å². The minimum absolute atomic E-state index is 0.0944. The lowest BCUT2D eigenvalue weighted by atomic mass is 10.1. The van der Waals surface area contributed by atoms with Crippen LogP contribution in [0, 0.1) is 0 Å². The first-order valence-corrected chi connectivity index (χ1v) is 10.8. The SMILES string of the molecule is CN(Cc1ccc(C2=NCCN2)cc1)C(=O)c1nc2ccccc2n1Cc1ccccc1. The van der Waals surface area contributed by atoms with Crippen molar-refractivity contribution < 1.29 is 4.79 Å². The average molecular weight is 424 g/mol. The number of para-hydroxylation sites is 2. The van der Waals surface area contributed by atoms with E-state index in [0.717, 1.165) is 46.6 Å². The Kier molecular flexibility index (Phi) is 5.42. The Morgan fingerprint density at radius 1 is 0.969 bits per heavy atom. The van der Waals surface area contributed by atoms with E-state index in [2.05, 4.69) is 51.7 Å². The highest BCUT2D eigenvalue weighted by Gasteiger charge is 2.21. The molecule has 0 fully saturated rings. The number of amidine groups is 1. The molecular formula is C26H25N5O. The third-order valence-electron chi connectivity index (χ3n) is 5.70. The van der Waals surface area contributed by atoms with Crippen LogP contribution in [-0.2, 0) is 13.1 Å². The van der Waals surface area contributed by atoms with E-state index in [1.807, 2.05) is 54.1 Å². The van der Waals surface area contributed by atoms with Gasteiger partial charge in [-0.1, -0.05) is 66.7 Å². The van der Waals surface area contributed by atoms with Gasteiger partial charge in [0.05, 0.1) is 17.6 Å². The molecule has 4 aromatic rings. The quantitative estimate of drug-likeness (QED) is 0.514. The third kappa shape index (κ3) is 3.99. The molecule has 0 spiro atoms. The van der Waals surface area contributed by atoms with E-state index in [-0.39, 0.29) is 5.91 Å². The molecule has 0 saturated carbocycles. The fourth-order valence-electron chi connectivity index (χ4n) is 4.04. The molecule has 5 rings (SSSR count). The number of aromatic nitrogens is 2. The first kappa shape index (κ1) is 20.0. The predicted octanol–water partition coefficient (Wildman–Crippen LogP) is 3.71. The lowest BCUT2D eigenvalue weighted by Gasteiger charge is -2.18. The van der Waals surface area contributed by atoms with Crippen molar-refractivity contribution >= 4 is 22.8 Å². The van der Waals surface area contributed by atoms with Gasteiger partial charge in [-0.2, -0.15) is 0 Å². The summed E-state index contributed by atoms with van der Waals surface area (Å²) >= 11 is 0. The maximum absolute atomic E-state index is 13.4. The Morgan fingerprint density at radius 3 is 2.47 bits per heavy atom. The molecule has 3 aromatic carbocycles. The van der Waals surface area contributed by atoms with Crippen LogP contribution in [0.5, 0.6) is 0 Å². The summed E-state index contributed by atoms with van der Waals surface area (Å²) in [5.41, 5.74) is 5.06. The van der Waals surface area contributed by atoms with Crippen molar-refractivity contribution in [3.05, 3.63) is 101 Å². The van der Waals surface area contributed by atoms with Gasteiger partial charge >= 0.3 is 0 Å². The van der Waals surface area contributed by atoms with Crippen LogP contribution in [0.15, 0.2) is 83.9 Å². The van der Waals surface area contributed by atoms with E-state index in [9.17, 15) is 4.79 Å². The van der Waals surface area contributed by atoms with Crippen LogP contribution in [0.2, 0.25) is 0 Å². The van der Waals surface area contributed by atoms with Crippen LogP contribution in [0.4, 0.5) is 0 Å². The van der Waals surface area contributed by atoms with Gasteiger partial charge < -0.3 is 14.8 Å². The summed E-state index contributed by atoms with van der Waals surface area (Å²) in [6, 6.07) is 26.3. The van der Waals surface area contributed by atoms with Crippen molar-refractivity contribution in [1.82, 2.24) is 19.8 Å². The number of nitrogens with zero attached hydrogens (tertiary/aromatic N) is 4. The number of carbonyl (C=O) groups is 1. The second-order valence-corrected chi connectivity index (χ2v) is 8.01. The Morgan fingerprint density at radius 2 is 1.72 bits per heavy atom. The average Bonchev–Trinajstić information content (AvgIpc) is 3.49. The molecule has 6 nitrogen and oxygen atoms in total. The van der Waals surface area contributed by atoms with Gasteiger partial charge in [0.15, 0.2) is 0 Å². The maximum Gasteiger partial charge on any atom is 0.289 e. The van der Waals surface area contributed by atoms with Crippen molar-refractivity contribution in [2.75, 3.05) is 20.1 Å². The Hall–Kier alpha value is -3.93. The number of amides is 1. The molecule has 32 heavy (non-hydrogen) atoms. The number of aliphatic imine (C=N–C) groups is 1. The Bertz CT molecular complexity index is 1270. The number of fused-ring (bicyclic) bond motifs is 1. The molecule has 0 unspecified atom stereocenters. The van der Waals surface area contributed by atoms with Gasteiger partial charge in [0.1, 0.15) is 5.84 Å². The van der Waals surface area contributed by atoms with Crippen molar-refractivity contribution in [3.63, 3.8) is 0 Å². The van der Waals surface area contributed by atoms with Gasteiger partial charge in [0.25, 0.3) is 5.91 Å².